The Hall–Kier alpha value is 0.910. The van der Waals surface area contributed by atoms with Gasteiger partial charge in [-0.05, 0) is 139 Å². The fourth-order valence-electron chi connectivity index (χ4n) is 2.87. The van der Waals surface area contributed by atoms with Gasteiger partial charge in [0.1, 0.15) is 7.36 Å². The van der Waals surface area contributed by atoms with Gasteiger partial charge in [0.15, 0.2) is 0 Å². The third-order valence-corrected chi connectivity index (χ3v) is 25.8. The predicted molar refractivity (Wildman–Crippen MR) is 178 cm³/mol. The van der Waals surface area contributed by atoms with Crippen molar-refractivity contribution in [3.63, 3.8) is 0 Å². The summed E-state index contributed by atoms with van der Waals surface area (Å²) in [6.45, 7) is 17.5. The van der Waals surface area contributed by atoms with Gasteiger partial charge in [0.05, 0.1) is 5.54 Å². The Morgan fingerprint density at radius 2 is 0.757 bits per heavy atom. The fraction of sp³-hybridized carbons (Fsp3) is 1.00. The summed E-state index contributed by atoms with van der Waals surface area (Å²) in [5, 5.41) is 0. The summed E-state index contributed by atoms with van der Waals surface area (Å²) in [7, 11) is 13.6. The van der Waals surface area contributed by atoms with Crippen LogP contribution in [-0.4, -0.2) is 151 Å². The molecule has 16 heteroatoms. The maximum atomic E-state index is 5.79. The van der Waals surface area contributed by atoms with E-state index in [2.05, 4.69) is 167 Å². The fourth-order valence-corrected chi connectivity index (χ4v) is 20.4. The van der Waals surface area contributed by atoms with Crippen molar-refractivity contribution in [2.24, 2.45) is 22.8 Å². The van der Waals surface area contributed by atoms with Crippen LogP contribution in [0.2, 0.25) is 0 Å². The molecule has 0 aliphatic carbocycles. The number of hydrogen-bond acceptors (Lipinski definition) is 1. The van der Waals surface area contributed by atoms with E-state index in [-0.39, 0.29) is 5.54 Å². The highest BCUT2D eigenvalue weighted by Gasteiger charge is 2.37. The van der Waals surface area contributed by atoms with E-state index in [1.165, 1.54) is 0 Å². The highest BCUT2D eigenvalue weighted by molar-refractivity contribution is 7.83. The predicted octanol–water partition coefficient (Wildman–Crippen LogP) is 7.46. The Labute approximate surface area is 231 Å². The molecule has 0 aromatic heterocycles. The number of hydrogen-bond donors (Lipinski definition) is 0. The average molecular weight is 622 g/mol. The third kappa shape index (κ3) is 10.0. The van der Waals surface area contributed by atoms with Gasteiger partial charge in [-0.25, -0.2) is 27.6 Å². The van der Waals surface area contributed by atoms with Crippen LogP contribution in [0.4, 0.5) is 0 Å². The topological polar surface area (TPSA) is 81.2 Å². The van der Waals surface area contributed by atoms with E-state index in [4.69, 9.17) is 22.8 Å². The first kappa shape index (κ1) is 37.9. The summed E-state index contributed by atoms with van der Waals surface area (Å²) in [6.07, 6.45) is 0. The largest absolute Gasteiger partial charge is 0.302 e. The van der Waals surface area contributed by atoms with E-state index in [9.17, 15) is 0 Å². The van der Waals surface area contributed by atoms with E-state index in [0.717, 1.165) is 0 Å². The van der Waals surface area contributed by atoms with Crippen molar-refractivity contribution in [2.75, 3.05) is 118 Å². The van der Waals surface area contributed by atoms with Crippen LogP contribution in [0.25, 0.3) is 0 Å². The van der Waals surface area contributed by atoms with Gasteiger partial charge in [-0.1, -0.05) is 0 Å². The molecule has 0 aromatic carbocycles. The molecular formula is C21H60N11P5. The second kappa shape index (κ2) is 13.3. The minimum Gasteiger partial charge on any atom is -0.276 e. The molecular weight excluding hydrogens is 561 g/mol. The Kier molecular flexibility index (Phi) is 13.6. The van der Waals surface area contributed by atoms with Crippen LogP contribution in [0.15, 0.2) is 22.8 Å². The first-order valence-corrected chi connectivity index (χ1v) is 22.8. The van der Waals surface area contributed by atoms with Gasteiger partial charge >= 0.3 is 7.51 Å². The van der Waals surface area contributed by atoms with Gasteiger partial charge in [-0.15, -0.1) is 0 Å². The lowest BCUT2D eigenvalue weighted by Gasteiger charge is -2.41. The molecule has 224 valence electrons. The Morgan fingerprint density at radius 3 is 0.973 bits per heavy atom. The first-order chi connectivity index (χ1) is 16.2. The van der Waals surface area contributed by atoms with E-state index >= 15 is 0 Å². The maximum Gasteiger partial charge on any atom is 0.302 e. The minimum absolute atomic E-state index is 0.376. The lowest BCUT2D eigenvalue weighted by atomic mass is 10.1. The summed E-state index contributed by atoms with van der Waals surface area (Å²) >= 11 is 0. The van der Waals surface area contributed by atoms with Crippen molar-refractivity contribution in [1.29, 1.82) is 0 Å². The van der Waals surface area contributed by atoms with E-state index in [0.29, 0.717) is 0 Å². The molecule has 11 nitrogen and oxygen atoms in total. The molecule has 0 rings (SSSR count). The SMILES string of the molecule is CN(C)P(C)(C)=NP(=NC(C)(C)C)(N=P(C)(C)N(C)C)N=P(N=P(C)(N(C)C)N(C)C)(N(C)C)N(C)C. The monoisotopic (exact) mass is 621 g/mol. The zero-order chi connectivity index (χ0) is 30.0. The average Bonchev–Trinajstić information content (AvgIpc) is 2.63. The van der Waals surface area contributed by atoms with E-state index in [1.807, 2.05) is 0 Å². The molecule has 0 atom stereocenters. The summed E-state index contributed by atoms with van der Waals surface area (Å²) in [6, 6.07) is 0. The second-order valence-electron chi connectivity index (χ2n) is 12.3. The summed E-state index contributed by atoms with van der Waals surface area (Å²) in [5.74, 6) is 0. The lowest BCUT2D eigenvalue weighted by molar-refractivity contribution is 0.549. The second-order valence-corrected chi connectivity index (χ2v) is 29.4. The van der Waals surface area contributed by atoms with Gasteiger partial charge < -0.3 is 0 Å². The lowest BCUT2D eigenvalue weighted by Crippen LogP contribution is -2.24. The highest BCUT2D eigenvalue weighted by Crippen LogP contribution is 2.77. The summed E-state index contributed by atoms with van der Waals surface area (Å²) in [5.41, 5.74) is -0.376. The van der Waals surface area contributed by atoms with Gasteiger partial charge in [0.2, 0.25) is 7.51 Å². The summed E-state index contributed by atoms with van der Waals surface area (Å²) < 4.78 is 41.5. The molecule has 0 N–H and O–H groups in total. The van der Waals surface area contributed by atoms with Crippen LogP contribution < -0.4 is 0 Å². The molecule has 0 fully saturated rings. The van der Waals surface area contributed by atoms with Crippen LogP contribution in [0.1, 0.15) is 20.8 Å². The van der Waals surface area contributed by atoms with Crippen LogP contribution in [0.5, 0.6) is 0 Å². The van der Waals surface area contributed by atoms with Crippen molar-refractivity contribution in [3.05, 3.63) is 0 Å². The van der Waals surface area contributed by atoms with Crippen LogP contribution in [0, 0.1) is 0 Å². The van der Waals surface area contributed by atoms with Crippen LogP contribution in [-0.2, 0) is 0 Å². The highest BCUT2D eigenvalue weighted by atomic mass is 31.3. The van der Waals surface area contributed by atoms with E-state index < -0.39 is 36.8 Å². The zero-order valence-corrected chi connectivity index (χ0v) is 32.1. The Balaban J connectivity index is 8.90. The molecule has 0 aliphatic heterocycles. The quantitative estimate of drug-likeness (QED) is 0.236. The molecule has 0 spiro atoms. The molecule has 0 aliphatic rings. The molecule has 0 radical (unpaired) electrons. The van der Waals surface area contributed by atoms with Crippen molar-refractivity contribution in [3.8, 4) is 0 Å². The first-order valence-electron chi connectivity index (χ1n) is 12.3. The number of nitrogens with zero attached hydrogens (tertiary/aromatic N) is 11. The molecule has 0 heterocycles. The van der Waals surface area contributed by atoms with Crippen molar-refractivity contribution in [1.82, 2.24) is 28.0 Å². The Morgan fingerprint density at radius 1 is 0.432 bits per heavy atom. The van der Waals surface area contributed by atoms with Gasteiger partial charge in [-0.3, -0.25) is 18.7 Å². The molecule has 0 saturated heterocycles. The zero-order valence-electron chi connectivity index (χ0n) is 27.7. The Bertz CT molecular complexity index is 991. The molecule has 0 unspecified atom stereocenters. The minimum atomic E-state index is -2.98. The standard InChI is InChI=1S/C21H60N11P5/c1-21(2,3)22-36(23-33(16,17)27(4)5,24-34(18,19)28(6)7)26-37(31(12)13,32(14)15)25-35(20,29(8)9)30(10)11/h1-20H3. The maximum absolute atomic E-state index is 5.79. The number of rotatable bonds is 10. The van der Waals surface area contributed by atoms with Gasteiger partial charge in [0.25, 0.3) is 0 Å². The molecule has 0 aromatic rings. The van der Waals surface area contributed by atoms with Crippen molar-refractivity contribution >= 4 is 36.8 Å². The normalized spacial score (nSPS) is 14.9. The smallest absolute Gasteiger partial charge is 0.276 e. The van der Waals surface area contributed by atoms with Crippen molar-refractivity contribution < 1.29 is 0 Å². The van der Waals surface area contributed by atoms with Crippen molar-refractivity contribution in [2.45, 2.75) is 26.3 Å². The van der Waals surface area contributed by atoms with Gasteiger partial charge in [-0.2, -0.15) is 4.52 Å². The molecule has 0 saturated carbocycles. The summed E-state index contributed by atoms with van der Waals surface area (Å²) in [4.78, 5) is 0. The van der Waals surface area contributed by atoms with E-state index in [1.54, 1.807) is 0 Å². The third-order valence-electron chi connectivity index (χ3n) is 6.19. The van der Waals surface area contributed by atoms with Crippen LogP contribution in [0.3, 0.4) is 0 Å². The molecule has 37 heavy (non-hydrogen) atoms. The van der Waals surface area contributed by atoms with Gasteiger partial charge in [0, 0.05) is 14.4 Å². The molecule has 0 bridgehead atoms. The van der Waals surface area contributed by atoms with Crippen LogP contribution >= 0.6 is 36.8 Å². The molecule has 0 amide bonds.